The Morgan fingerprint density at radius 3 is 2.33 bits per heavy atom. The van der Waals surface area contributed by atoms with Gasteiger partial charge in [0.15, 0.2) is 0 Å². The molecule has 0 unspecified atom stereocenters. The molecule has 95 heavy (non-hydrogen) atoms. The molecule has 18 aliphatic rings. The molecule has 21 rings (SSSR count). The SMILES string of the molecule is CN[C@@H]1Cc2c(cccc2CO)C#CC2(CCCC2)C[C@]23CC4(CCCC4)[C@H]4[C@@](O)([C@H](O)[C@H]5C[C@@H]6[C@@H]7CC=C[C@@H]6C[C@H]6[C@H]8O[C@H](Cc9cccc(c9)C[C@H]9CC[C@H]7C9)[C@@H]7CC[C@@]9%10CC[C@@H](c%11ccccc%11)C[C@H]9C[C@@H]7[C@@]8%10C[C@@]4(C=O)[C@]56O)[C@@]2(O)C[C@@H]2C[C@@H]1[C@H]1OC(=O)C=C1[C@@H]23. The van der Waals surface area contributed by atoms with E-state index in [1.54, 1.807) is 6.08 Å². The normalized spacial score (nSPS) is 50.5. The first kappa shape index (κ1) is 60.5. The van der Waals surface area contributed by atoms with Gasteiger partial charge in [0.05, 0.1) is 35.9 Å². The predicted molar refractivity (Wildman–Crippen MR) is 360 cm³/mol. The van der Waals surface area contributed by atoms with Crippen molar-refractivity contribution in [3.05, 3.63) is 130 Å². The minimum Gasteiger partial charge on any atom is -0.454 e. The van der Waals surface area contributed by atoms with Crippen molar-refractivity contribution in [2.24, 2.45) is 115 Å². The Bertz CT molecular complexity index is 3780. The summed E-state index contributed by atoms with van der Waals surface area (Å²) >= 11 is 0. The van der Waals surface area contributed by atoms with Crippen molar-refractivity contribution < 1.29 is 44.6 Å². The van der Waals surface area contributed by atoms with Gasteiger partial charge in [0.1, 0.15) is 23.6 Å². The number of hydrogen-bond donors (Lipinski definition) is 6. The molecule has 3 aromatic rings. The number of hydrogen-bond acceptors (Lipinski definition) is 10. The zero-order chi connectivity index (χ0) is 64.0. The van der Waals surface area contributed by atoms with Gasteiger partial charge in [0, 0.05) is 57.6 Å². The van der Waals surface area contributed by atoms with Crippen LogP contribution in [0.3, 0.4) is 0 Å². The van der Waals surface area contributed by atoms with Crippen molar-refractivity contribution in [2.45, 2.75) is 240 Å². The van der Waals surface area contributed by atoms with E-state index in [0.717, 1.165) is 131 Å². The van der Waals surface area contributed by atoms with E-state index in [-0.39, 0.29) is 84.1 Å². The van der Waals surface area contributed by atoms with Crippen LogP contribution in [0.15, 0.2) is 96.6 Å². The molecule has 0 amide bonds. The van der Waals surface area contributed by atoms with Crippen molar-refractivity contribution in [3.63, 3.8) is 0 Å². The highest BCUT2D eigenvalue weighted by molar-refractivity contribution is 5.86. The lowest BCUT2D eigenvalue weighted by molar-refractivity contribution is -0.423. The number of aliphatic hydroxyl groups is 5. The Morgan fingerprint density at radius 1 is 0.716 bits per heavy atom. The van der Waals surface area contributed by atoms with E-state index in [2.05, 4.69) is 90.0 Å². The highest BCUT2D eigenvalue weighted by Gasteiger charge is 2.93. The molecule has 3 aromatic carbocycles. The van der Waals surface area contributed by atoms with Gasteiger partial charge in [-0.15, -0.1) is 0 Å². The molecule has 15 aliphatic carbocycles. The van der Waals surface area contributed by atoms with Gasteiger partial charge in [-0.3, -0.25) is 0 Å². The number of esters is 1. The lowest BCUT2D eigenvalue weighted by Gasteiger charge is -2.80. The van der Waals surface area contributed by atoms with Gasteiger partial charge in [0.25, 0.3) is 0 Å². The number of fused-ring (bicyclic) bond motifs is 12. The lowest BCUT2D eigenvalue weighted by atomic mass is 9.26. The molecule has 3 heterocycles. The third kappa shape index (κ3) is 7.60. The Balaban J connectivity index is 0.844. The average Bonchev–Trinajstić information content (AvgIpc) is 1.60. The first-order chi connectivity index (χ1) is 46.1. The van der Waals surface area contributed by atoms with Crippen molar-refractivity contribution in [1.29, 1.82) is 0 Å². The number of rotatable bonds is 4. The molecule has 10 heteroatoms. The smallest absolute Gasteiger partial charge is 0.331 e. The van der Waals surface area contributed by atoms with Crippen molar-refractivity contribution in [3.8, 4) is 11.8 Å². The van der Waals surface area contributed by atoms with E-state index in [0.29, 0.717) is 87.4 Å². The van der Waals surface area contributed by atoms with Gasteiger partial charge in [-0.05, 0) is 277 Å². The van der Waals surface area contributed by atoms with Crippen LogP contribution >= 0.6 is 0 Å². The molecule has 27 atom stereocenters. The van der Waals surface area contributed by atoms with Crippen molar-refractivity contribution in [1.82, 2.24) is 5.32 Å². The highest BCUT2D eigenvalue weighted by Crippen LogP contribution is 2.88. The van der Waals surface area contributed by atoms with E-state index in [1.807, 2.05) is 19.2 Å². The number of allylic oxidation sites excluding steroid dienone is 2. The number of aldehydes is 1. The molecule has 18 bridgehead atoms. The number of nitrogens with one attached hydrogen (secondary N) is 1. The van der Waals surface area contributed by atoms with Gasteiger partial charge in [-0.25, -0.2) is 4.79 Å². The third-order valence-corrected chi connectivity index (χ3v) is 33.9. The first-order valence-electron chi connectivity index (χ1n) is 38.7. The number of benzene rings is 3. The number of likely N-dealkylation sites (N-methyl/N-ethyl adjacent to an activating group) is 1. The summed E-state index contributed by atoms with van der Waals surface area (Å²) in [5.41, 5.74) is -2.94. The predicted octanol–water partition coefficient (Wildman–Crippen LogP) is 12.7. The summed E-state index contributed by atoms with van der Waals surface area (Å²) in [6.07, 6.45) is 28.9. The van der Waals surface area contributed by atoms with E-state index in [4.69, 9.17) is 9.47 Å². The van der Waals surface area contributed by atoms with Gasteiger partial charge >= 0.3 is 5.97 Å². The van der Waals surface area contributed by atoms with E-state index in [9.17, 15) is 9.90 Å². The molecule has 6 N–H and O–H groups in total. The zero-order valence-corrected chi connectivity index (χ0v) is 56.2. The van der Waals surface area contributed by atoms with Crippen LogP contribution < -0.4 is 5.32 Å². The molecule has 1 saturated heterocycles. The zero-order valence-electron chi connectivity index (χ0n) is 56.2. The Kier molecular flexibility index (Phi) is 13.3. The van der Waals surface area contributed by atoms with Crippen LogP contribution in [-0.2, 0) is 44.9 Å². The maximum Gasteiger partial charge on any atom is 0.331 e. The van der Waals surface area contributed by atoms with Crippen LogP contribution in [0.1, 0.15) is 200 Å². The summed E-state index contributed by atoms with van der Waals surface area (Å²) in [5, 5.41) is 78.8. The van der Waals surface area contributed by atoms with E-state index < -0.39 is 73.8 Å². The second-order valence-electron chi connectivity index (χ2n) is 36.5. The van der Waals surface area contributed by atoms with Crippen LogP contribution in [0.2, 0.25) is 0 Å². The summed E-state index contributed by atoms with van der Waals surface area (Å²) < 4.78 is 15.2. The van der Waals surface area contributed by atoms with Crippen molar-refractivity contribution in [2.75, 3.05) is 7.05 Å². The van der Waals surface area contributed by atoms with Gasteiger partial charge in [-0.2, -0.15) is 0 Å². The van der Waals surface area contributed by atoms with Gasteiger partial charge in [0.2, 0.25) is 0 Å². The molecule has 3 aliphatic heterocycles. The van der Waals surface area contributed by atoms with Crippen LogP contribution in [0.25, 0.3) is 0 Å². The van der Waals surface area contributed by atoms with Crippen molar-refractivity contribution >= 4 is 12.3 Å². The summed E-state index contributed by atoms with van der Waals surface area (Å²) in [4.78, 5) is 31.5. The highest BCUT2D eigenvalue weighted by atomic mass is 16.5. The molecule has 5 spiro atoms. The molecule has 0 aromatic heterocycles. The lowest BCUT2D eigenvalue weighted by Crippen LogP contribution is -2.90. The molecule has 12 saturated carbocycles. The molecule has 0 radical (unpaired) electrons. The van der Waals surface area contributed by atoms with Gasteiger partial charge in [-0.1, -0.05) is 116 Å². The van der Waals surface area contributed by atoms with Gasteiger partial charge < -0.3 is 45.1 Å². The standard InChI is InChI=1S/C85H103NO9/c1-86-69-41-62-53(16-10-18-57(62)44-87)22-29-77(25-5-6-26-77)45-80-46-78(27-7-8-28-78)76-81(48-88)47-82-66-39-59-36-54(52-14-3-2-4-15-52)23-30-79(59,82)31-24-61(66)70-35-50-13-9-12-49(32-50)33-51-20-21-56(34-51)60-19-11-17-55-38-68(75(82)94-70)84(81,92)67(40-63(55)60)74(90)85(76,93)83(80,91)43-58-37-64(69)73-65(72(58)80)42-71(89)95-73/h2-4,9-18,32,42,48,51,54-56,58-61,63-64,66-70,72-76,86-87,90-93H,5-8,19-21,23-28,30-31,33-41,43-47H2,1H3/t51-,54-,55-,56+,58+,59+,60-,61-,63+,64+,66+,67-,68+,69-,70-,72-,73-,74-,75-,76-,79+,80-,81+,82+,83-,84+,85+/m1/s1. The quantitative estimate of drug-likeness (QED) is 0.0641. The van der Waals surface area contributed by atoms with E-state index in [1.165, 1.54) is 29.4 Å². The number of carbonyl (C=O) groups excluding carboxylic acids is 2. The third-order valence-electron chi connectivity index (χ3n) is 33.9. The minimum atomic E-state index is -2.27. The van der Waals surface area contributed by atoms with Crippen LogP contribution in [0.4, 0.5) is 0 Å². The molecule has 13 fully saturated rings. The fourth-order valence-corrected chi connectivity index (χ4v) is 31.4. The van der Waals surface area contributed by atoms with Crippen LogP contribution in [0, 0.1) is 127 Å². The molecule has 10 nitrogen and oxygen atoms in total. The summed E-state index contributed by atoms with van der Waals surface area (Å²) in [5.74, 6) is 7.08. The van der Waals surface area contributed by atoms with E-state index >= 15 is 25.2 Å². The fraction of sp³-hybridized carbons (Fsp3) is 0.694. The summed E-state index contributed by atoms with van der Waals surface area (Å²) in [7, 11) is 1.99. The minimum absolute atomic E-state index is 0.0732. The number of ether oxygens (including phenoxy) is 2. The largest absolute Gasteiger partial charge is 0.454 e. The topological polar surface area (TPSA) is 166 Å². The van der Waals surface area contributed by atoms with Crippen LogP contribution in [-0.4, -0.2) is 92.1 Å². The maximum absolute atomic E-state index is 17.0. The molecular formula is C85H103NO9. The monoisotopic (exact) mass is 1280 g/mol. The van der Waals surface area contributed by atoms with Crippen LogP contribution in [0.5, 0.6) is 0 Å². The second kappa shape index (κ2) is 20.8. The summed E-state index contributed by atoms with van der Waals surface area (Å²) in [6.45, 7) is -0.119. The fourth-order valence-electron chi connectivity index (χ4n) is 31.4. The Morgan fingerprint density at radius 2 is 1.52 bits per heavy atom. The maximum atomic E-state index is 17.0. The summed E-state index contributed by atoms with van der Waals surface area (Å²) in [6, 6.07) is 26.8. The molecule has 502 valence electrons. The second-order valence-corrected chi connectivity index (χ2v) is 36.5. The number of aliphatic hydroxyl groups excluding tert-OH is 2. The molecular weight excluding hydrogens is 1180 g/mol. The Labute approximate surface area is 563 Å². The number of carbonyl (C=O) groups is 2. The average molecular weight is 1280 g/mol. The first-order valence-corrected chi connectivity index (χ1v) is 38.7. The Hall–Kier alpha value is -4.44.